The van der Waals surface area contributed by atoms with Crippen molar-refractivity contribution in [2.45, 2.75) is 44.4 Å². The summed E-state index contributed by atoms with van der Waals surface area (Å²) in [6, 6.07) is 17.6. The van der Waals surface area contributed by atoms with Crippen molar-refractivity contribution in [1.82, 2.24) is 4.98 Å². The molecular weight excluding hydrogens is 380 g/mol. The lowest BCUT2D eigenvalue weighted by atomic mass is 9.75. The standard InChI is InChI=1S/C24H24N2O2S/c1-24(2)13-5-9-18-22(24)29-23(25-18)16-7-3-8-17(14-16)28-20-12-11-15-6-4-10-19(27)21(15)26-20/h3-4,6-8,10-12,14,18,22,27H,5,9,13H2,1-2H3/t18-,22-/m0/s1. The number of aromatic hydroxyl groups is 1. The Labute approximate surface area is 175 Å². The molecule has 1 aliphatic carbocycles. The van der Waals surface area contributed by atoms with E-state index in [1.807, 2.05) is 54.2 Å². The molecule has 2 heterocycles. The minimum Gasteiger partial charge on any atom is -0.506 e. The lowest BCUT2D eigenvalue weighted by Gasteiger charge is -2.38. The van der Waals surface area contributed by atoms with Crippen molar-refractivity contribution in [1.29, 1.82) is 0 Å². The van der Waals surface area contributed by atoms with E-state index in [0.717, 1.165) is 21.7 Å². The Hall–Kier alpha value is -2.53. The molecule has 0 unspecified atom stereocenters. The highest BCUT2D eigenvalue weighted by Gasteiger charge is 2.43. The molecule has 0 spiro atoms. The first-order valence-corrected chi connectivity index (χ1v) is 11.0. The van der Waals surface area contributed by atoms with Crippen LogP contribution in [-0.2, 0) is 0 Å². The summed E-state index contributed by atoms with van der Waals surface area (Å²) in [5.74, 6) is 1.35. The SMILES string of the molecule is CC1(C)CCC[C@@H]2N=C(c3cccc(Oc4ccc5cccc(O)c5n4)c3)S[C@@H]21. The van der Waals surface area contributed by atoms with Gasteiger partial charge < -0.3 is 9.84 Å². The van der Waals surface area contributed by atoms with Crippen LogP contribution in [0.2, 0.25) is 0 Å². The van der Waals surface area contributed by atoms with E-state index in [4.69, 9.17) is 9.73 Å². The number of hydrogen-bond donors (Lipinski definition) is 1. The minimum atomic E-state index is 0.156. The van der Waals surface area contributed by atoms with Gasteiger partial charge in [0.25, 0.3) is 0 Å². The maximum atomic E-state index is 10.1. The first-order chi connectivity index (χ1) is 14.0. The van der Waals surface area contributed by atoms with Crippen molar-refractivity contribution in [2.24, 2.45) is 10.4 Å². The summed E-state index contributed by atoms with van der Waals surface area (Å²) in [6.45, 7) is 4.74. The second kappa shape index (κ2) is 7.06. The Morgan fingerprint density at radius 2 is 1.97 bits per heavy atom. The van der Waals surface area contributed by atoms with Crippen molar-refractivity contribution in [3.63, 3.8) is 0 Å². The first kappa shape index (κ1) is 18.5. The van der Waals surface area contributed by atoms with E-state index in [1.165, 1.54) is 19.3 Å². The normalized spacial score (nSPS) is 22.9. The van der Waals surface area contributed by atoms with Gasteiger partial charge >= 0.3 is 0 Å². The van der Waals surface area contributed by atoms with Crippen LogP contribution in [0.4, 0.5) is 0 Å². The molecule has 2 atom stereocenters. The van der Waals surface area contributed by atoms with Gasteiger partial charge in [-0.15, -0.1) is 11.8 Å². The van der Waals surface area contributed by atoms with Gasteiger partial charge in [0.05, 0.1) is 11.1 Å². The van der Waals surface area contributed by atoms with Crippen LogP contribution >= 0.6 is 11.8 Å². The number of rotatable bonds is 3. The van der Waals surface area contributed by atoms with Crippen LogP contribution in [0.1, 0.15) is 38.7 Å². The zero-order chi connectivity index (χ0) is 20.0. The Balaban J connectivity index is 1.40. The molecule has 2 aromatic carbocycles. The highest BCUT2D eigenvalue weighted by Crippen LogP contribution is 2.48. The zero-order valence-corrected chi connectivity index (χ0v) is 17.4. The minimum absolute atomic E-state index is 0.156. The Morgan fingerprint density at radius 3 is 2.83 bits per heavy atom. The third kappa shape index (κ3) is 3.48. The van der Waals surface area contributed by atoms with Crippen molar-refractivity contribution in [3.05, 3.63) is 60.2 Å². The third-order valence-corrected chi connectivity index (χ3v) is 7.71. The van der Waals surface area contributed by atoms with Gasteiger partial charge in [0.15, 0.2) is 0 Å². The predicted molar refractivity (Wildman–Crippen MR) is 119 cm³/mol. The van der Waals surface area contributed by atoms with Gasteiger partial charge in [-0.1, -0.05) is 44.5 Å². The maximum absolute atomic E-state index is 10.1. The van der Waals surface area contributed by atoms with E-state index in [9.17, 15) is 5.11 Å². The quantitative estimate of drug-likeness (QED) is 0.567. The van der Waals surface area contributed by atoms with Crippen molar-refractivity contribution >= 4 is 27.7 Å². The number of aromatic nitrogens is 1. The van der Waals surface area contributed by atoms with Gasteiger partial charge in [0.1, 0.15) is 17.0 Å². The fraction of sp³-hybridized carbons (Fsp3) is 0.333. The Bertz CT molecular complexity index is 1110. The van der Waals surface area contributed by atoms with Crippen LogP contribution in [0.5, 0.6) is 17.4 Å². The van der Waals surface area contributed by atoms with Crippen LogP contribution < -0.4 is 4.74 Å². The molecule has 2 aliphatic rings. The number of hydrogen-bond acceptors (Lipinski definition) is 5. The van der Waals surface area contributed by atoms with Crippen LogP contribution in [0.25, 0.3) is 10.9 Å². The highest BCUT2D eigenvalue weighted by atomic mass is 32.2. The number of benzene rings is 2. The molecule has 4 nitrogen and oxygen atoms in total. The van der Waals surface area contributed by atoms with Crippen LogP contribution in [0.3, 0.4) is 0 Å². The van der Waals surface area contributed by atoms with Crippen molar-refractivity contribution in [3.8, 4) is 17.4 Å². The van der Waals surface area contributed by atoms with Gasteiger partial charge in [0.2, 0.25) is 5.88 Å². The summed E-state index contributed by atoms with van der Waals surface area (Å²) in [7, 11) is 0. The summed E-state index contributed by atoms with van der Waals surface area (Å²) in [5, 5.41) is 12.6. The fourth-order valence-electron chi connectivity index (χ4n) is 4.38. The first-order valence-electron chi connectivity index (χ1n) is 10.1. The zero-order valence-electron chi connectivity index (χ0n) is 16.6. The van der Waals surface area contributed by atoms with E-state index in [2.05, 4.69) is 24.9 Å². The number of fused-ring (bicyclic) bond motifs is 2. The summed E-state index contributed by atoms with van der Waals surface area (Å²) in [5.41, 5.74) is 1.97. The molecule has 1 N–H and O–H groups in total. The second-order valence-electron chi connectivity index (χ2n) is 8.55. The largest absolute Gasteiger partial charge is 0.506 e. The van der Waals surface area contributed by atoms with Crippen molar-refractivity contribution < 1.29 is 9.84 Å². The lowest BCUT2D eigenvalue weighted by Crippen LogP contribution is -2.37. The lowest BCUT2D eigenvalue weighted by molar-refractivity contribution is 0.237. The maximum Gasteiger partial charge on any atom is 0.219 e. The van der Waals surface area contributed by atoms with E-state index < -0.39 is 0 Å². The summed E-state index contributed by atoms with van der Waals surface area (Å²) in [4.78, 5) is 9.52. The highest BCUT2D eigenvalue weighted by molar-refractivity contribution is 8.15. The molecule has 1 aromatic heterocycles. The van der Waals surface area contributed by atoms with Crippen LogP contribution in [-0.4, -0.2) is 26.4 Å². The molecule has 1 fully saturated rings. The van der Waals surface area contributed by atoms with Crippen LogP contribution in [0.15, 0.2) is 59.6 Å². The number of phenols is 1. The van der Waals surface area contributed by atoms with Crippen molar-refractivity contribution in [2.75, 3.05) is 0 Å². The number of ether oxygens (including phenoxy) is 1. The molecule has 0 saturated heterocycles. The van der Waals surface area contributed by atoms with Gasteiger partial charge in [-0.3, -0.25) is 4.99 Å². The second-order valence-corrected chi connectivity index (χ2v) is 9.68. The van der Waals surface area contributed by atoms with Gasteiger partial charge in [-0.25, -0.2) is 4.98 Å². The van der Waals surface area contributed by atoms with Gasteiger partial charge in [-0.05, 0) is 42.5 Å². The number of pyridine rings is 1. The van der Waals surface area contributed by atoms with Gasteiger partial charge in [-0.2, -0.15) is 0 Å². The molecule has 3 aromatic rings. The van der Waals surface area contributed by atoms with Gasteiger partial charge in [0, 0.05) is 22.3 Å². The number of thioether (sulfide) groups is 1. The Kier molecular flexibility index (Phi) is 4.50. The van der Waals surface area contributed by atoms with E-state index in [1.54, 1.807) is 6.07 Å². The summed E-state index contributed by atoms with van der Waals surface area (Å²) < 4.78 is 6.01. The smallest absolute Gasteiger partial charge is 0.219 e. The predicted octanol–water partition coefficient (Wildman–Crippen LogP) is 6.17. The fourth-order valence-corrected chi connectivity index (χ4v) is 5.87. The molecular formula is C24H24N2O2S. The molecule has 0 radical (unpaired) electrons. The molecule has 29 heavy (non-hydrogen) atoms. The van der Waals surface area contributed by atoms with E-state index in [0.29, 0.717) is 28.1 Å². The molecule has 0 bridgehead atoms. The summed E-state index contributed by atoms with van der Waals surface area (Å²) in [6.07, 6.45) is 3.72. The average molecular weight is 405 g/mol. The van der Waals surface area contributed by atoms with Crippen LogP contribution in [0, 0.1) is 5.41 Å². The summed E-state index contributed by atoms with van der Waals surface area (Å²) >= 11 is 1.92. The number of aliphatic imine (C=N–C) groups is 1. The molecule has 0 amide bonds. The molecule has 5 heteroatoms. The molecule has 5 rings (SSSR count). The molecule has 1 saturated carbocycles. The third-order valence-electron chi connectivity index (χ3n) is 5.94. The topological polar surface area (TPSA) is 54.7 Å². The van der Waals surface area contributed by atoms with E-state index >= 15 is 0 Å². The monoisotopic (exact) mass is 404 g/mol. The van der Waals surface area contributed by atoms with E-state index in [-0.39, 0.29) is 5.75 Å². The molecule has 148 valence electrons. The number of nitrogens with zero attached hydrogens (tertiary/aromatic N) is 2. The number of para-hydroxylation sites is 1. The Morgan fingerprint density at radius 1 is 1.10 bits per heavy atom. The number of phenolic OH excluding ortho intramolecular Hbond substituents is 1. The molecule has 1 aliphatic heterocycles. The average Bonchev–Trinajstić information content (AvgIpc) is 3.15.